The Morgan fingerprint density at radius 2 is 1.92 bits per heavy atom. The van der Waals surface area contributed by atoms with Gasteiger partial charge >= 0.3 is 0 Å². The monoisotopic (exact) mass is 370 g/mol. The van der Waals surface area contributed by atoms with Crippen LogP contribution >= 0.6 is 23.2 Å². The maximum Gasteiger partial charge on any atom is 0.265 e. The van der Waals surface area contributed by atoms with Crippen LogP contribution in [0.25, 0.3) is 22.1 Å². The minimum Gasteiger partial charge on any atom is -0.338 e. The molecule has 0 aliphatic rings. The Labute approximate surface area is 152 Å². The summed E-state index contributed by atoms with van der Waals surface area (Å²) in [6.45, 7) is 2.03. The summed E-state index contributed by atoms with van der Waals surface area (Å²) in [6.07, 6.45) is 1.52. The molecule has 0 amide bonds. The van der Waals surface area contributed by atoms with Crippen LogP contribution in [0.1, 0.15) is 11.1 Å². The summed E-state index contributed by atoms with van der Waals surface area (Å²) < 4.78 is 0. The van der Waals surface area contributed by atoms with Crippen molar-refractivity contribution in [1.82, 2.24) is 20.2 Å². The van der Waals surface area contributed by atoms with E-state index in [2.05, 4.69) is 36.8 Å². The molecule has 6 nitrogen and oxygen atoms in total. The van der Waals surface area contributed by atoms with E-state index in [1.165, 1.54) is 6.21 Å². The van der Waals surface area contributed by atoms with E-state index in [4.69, 9.17) is 23.2 Å². The van der Waals surface area contributed by atoms with Gasteiger partial charge < -0.3 is 4.98 Å². The molecule has 0 bridgehead atoms. The van der Waals surface area contributed by atoms with Crippen molar-refractivity contribution in [1.29, 1.82) is 0 Å². The van der Waals surface area contributed by atoms with Gasteiger partial charge in [0.05, 0.1) is 16.3 Å². The number of anilines is 1. The van der Waals surface area contributed by atoms with Crippen molar-refractivity contribution in [2.75, 3.05) is 5.43 Å². The minimum atomic E-state index is 0.273. The van der Waals surface area contributed by atoms with Gasteiger partial charge in [-0.25, -0.2) is 5.43 Å². The van der Waals surface area contributed by atoms with Gasteiger partial charge in [0, 0.05) is 16.5 Å². The first kappa shape index (κ1) is 15.8. The van der Waals surface area contributed by atoms with Gasteiger partial charge in [0.2, 0.25) is 0 Å². The predicted molar refractivity (Wildman–Crippen MR) is 102 cm³/mol. The fraction of sp³-hybridized carbons (Fsp3) is 0.0588. The van der Waals surface area contributed by atoms with Crippen LogP contribution in [0.3, 0.4) is 0 Å². The highest BCUT2D eigenvalue weighted by Crippen LogP contribution is 2.24. The van der Waals surface area contributed by atoms with Crippen LogP contribution in [0.4, 0.5) is 5.95 Å². The average Bonchev–Trinajstić information content (AvgIpc) is 2.94. The molecule has 0 aliphatic carbocycles. The zero-order valence-electron chi connectivity index (χ0n) is 13.1. The Balaban J connectivity index is 1.64. The number of halogens is 2. The molecular formula is C17H12Cl2N6. The number of nitrogens with zero attached hydrogens (tertiary/aromatic N) is 4. The summed E-state index contributed by atoms with van der Waals surface area (Å²) in [5.41, 5.74) is 6.84. The molecule has 124 valence electrons. The topological polar surface area (TPSA) is 78.9 Å². The third-order valence-corrected chi connectivity index (χ3v) is 4.39. The van der Waals surface area contributed by atoms with Crippen LogP contribution in [-0.2, 0) is 0 Å². The van der Waals surface area contributed by atoms with Crippen molar-refractivity contribution in [3.8, 4) is 0 Å². The lowest BCUT2D eigenvalue weighted by Gasteiger charge is -2.01. The number of aromatic amines is 1. The summed E-state index contributed by atoms with van der Waals surface area (Å²) in [4.78, 5) is 7.62. The maximum absolute atomic E-state index is 6.10. The second kappa shape index (κ2) is 6.31. The summed E-state index contributed by atoms with van der Waals surface area (Å²) in [5, 5.41) is 14.4. The molecule has 0 aliphatic heterocycles. The Morgan fingerprint density at radius 3 is 2.72 bits per heavy atom. The van der Waals surface area contributed by atoms with Crippen molar-refractivity contribution in [3.05, 3.63) is 57.6 Å². The number of aryl methyl sites for hydroxylation is 1. The van der Waals surface area contributed by atoms with Crippen molar-refractivity contribution in [2.24, 2.45) is 5.10 Å². The van der Waals surface area contributed by atoms with Gasteiger partial charge in [-0.05, 0) is 31.2 Å². The molecule has 0 spiro atoms. The van der Waals surface area contributed by atoms with Gasteiger partial charge in [0.15, 0.2) is 5.65 Å². The molecule has 0 atom stereocenters. The van der Waals surface area contributed by atoms with E-state index in [9.17, 15) is 0 Å². The van der Waals surface area contributed by atoms with E-state index in [1.54, 1.807) is 18.2 Å². The number of H-pyrrole nitrogens is 1. The normalized spacial score (nSPS) is 11.6. The second-order valence-corrected chi connectivity index (χ2v) is 6.33. The molecule has 0 radical (unpaired) electrons. The number of hydrazone groups is 1. The number of rotatable bonds is 3. The predicted octanol–water partition coefficient (Wildman–Crippen LogP) is 4.57. The number of nitrogens with one attached hydrogen (secondary N) is 2. The van der Waals surface area contributed by atoms with Gasteiger partial charge in [-0.2, -0.15) is 10.1 Å². The second-order valence-electron chi connectivity index (χ2n) is 5.51. The van der Waals surface area contributed by atoms with E-state index >= 15 is 0 Å². The van der Waals surface area contributed by atoms with Gasteiger partial charge in [0.1, 0.15) is 5.52 Å². The largest absolute Gasteiger partial charge is 0.338 e. The van der Waals surface area contributed by atoms with E-state index in [0.29, 0.717) is 21.3 Å². The smallest absolute Gasteiger partial charge is 0.265 e. The van der Waals surface area contributed by atoms with Crippen LogP contribution in [0.15, 0.2) is 41.5 Å². The standard InChI is InChI=1S/C17H12Cl2N6/c1-9-5-6-14-10(7-9)15-16(21-14)22-17(25-23-15)24-20-8-11-12(18)3-2-4-13(11)19/h2-8H,1H3,(H2,21,22,24,25)/b20-8+. The van der Waals surface area contributed by atoms with Gasteiger partial charge in [-0.3, -0.25) is 0 Å². The molecule has 8 heteroatoms. The van der Waals surface area contributed by atoms with Crippen molar-refractivity contribution in [2.45, 2.75) is 6.92 Å². The number of benzene rings is 2. The quantitative estimate of drug-likeness (QED) is 0.409. The van der Waals surface area contributed by atoms with Crippen molar-refractivity contribution >= 4 is 57.4 Å². The van der Waals surface area contributed by atoms with Crippen molar-refractivity contribution < 1.29 is 0 Å². The molecule has 4 rings (SSSR count). The van der Waals surface area contributed by atoms with E-state index < -0.39 is 0 Å². The van der Waals surface area contributed by atoms with Crippen LogP contribution in [0.5, 0.6) is 0 Å². The Bertz CT molecular complexity index is 1100. The highest BCUT2D eigenvalue weighted by atomic mass is 35.5. The maximum atomic E-state index is 6.10. The first-order valence-corrected chi connectivity index (χ1v) is 8.23. The molecule has 4 aromatic rings. The molecular weight excluding hydrogens is 359 g/mol. The number of hydrogen-bond donors (Lipinski definition) is 2. The van der Waals surface area contributed by atoms with E-state index in [1.807, 2.05) is 19.1 Å². The SMILES string of the molecule is Cc1ccc2[nH]c3nc(N/N=C/c4c(Cl)cccc4Cl)nnc3c2c1. The summed E-state index contributed by atoms with van der Waals surface area (Å²) >= 11 is 12.2. The Morgan fingerprint density at radius 1 is 1.12 bits per heavy atom. The lowest BCUT2D eigenvalue weighted by molar-refractivity contribution is 1.01. The molecule has 25 heavy (non-hydrogen) atoms. The fourth-order valence-electron chi connectivity index (χ4n) is 2.52. The number of aromatic nitrogens is 4. The molecule has 0 saturated carbocycles. The highest BCUT2D eigenvalue weighted by molar-refractivity contribution is 6.38. The lowest BCUT2D eigenvalue weighted by atomic mass is 10.2. The average molecular weight is 371 g/mol. The molecule has 0 unspecified atom stereocenters. The van der Waals surface area contributed by atoms with Crippen LogP contribution in [0, 0.1) is 6.92 Å². The molecule has 0 saturated heterocycles. The summed E-state index contributed by atoms with van der Waals surface area (Å²) in [6, 6.07) is 11.3. The van der Waals surface area contributed by atoms with Gasteiger partial charge in [-0.1, -0.05) is 40.9 Å². The third kappa shape index (κ3) is 3.01. The van der Waals surface area contributed by atoms with Crippen LogP contribution < -0.4 is 5.43 Å². The van der Waals surface area contributed by atoms with Crippen molar-refractivity contribution in [3.63, 3.8) is 0 Å². The van der Waals surface area contributed by atoms with E-state index in [-0.39, 0.29) is 5.95 Å². The Kier molecular flexibility index (Phi) is 3.99. The first-order valence-electron chi connectivity index (χ1n) is 7.47. The zero-order chi connectivity index (χ0) is 17.4. The summed E-state index contributed by atoms with van der Waals surface area (Å²) in [7, 11) is 0. The lowest BCUT2D eigenvalue weighted by Crippen LogP contribution is -1.99. The number of fused-ring (bicyclic) bond motifs is 3. The highest BCUT2D eigenvalue weighted by Gasteiger charge is 2.09. The first-order chi connectivity index (χ1) is 12.1. The molecule has 2 aromatic heterocycles. The van der Waals surface area contributed by atoms with Gasteiger partial charge in [0.25, 0.3) is 5.95 Å². The molecule has 2 aromatic carbocycles. The van der Waals surface area contributed by atoms with E-state index in [0.717, 1.165) is 22.0 Å². The summed E-state index contributed by atoms with van der Waals surface area (Å²) in [5.74, 6) is 0.273. The number of hydrogen-bond acceptors (Lipinski definition) is 5. The molecule has 0 fully saturated rings. The molecule has 2 N–H and O–H groups in total. The minimum absolute atomic E-state index is 0.273. The van der Waals surface area contributed by atoms with Crippen LogP contribution in [0.2, 0.25) is 10.0 Å². The zero-order valence-corrected chi connectivity index (χ0v) is 14.6. The fourth-order valence-corrected chi connectivity index (χ4v) is 3.02. The molecule has 2 heterocycles. The Hall–Kier alpha value is -2.70. The van der Waals surface area contributed by atoms with Gasteiger partial charge in [-0.15, -0.1) is 10.2 Å². The van der Waals surface area contributed by atoms with Crippen LogP contribution in [-0.4, -0.2) is 26.4 Å². The third-order valence-electron chi connectivity index (χ3n) is 3.73.